The van der Waals surface area contributed by atoms with Crippen molar-refractivity contribution in [2.75, 3.05) is 7.11 Å². The van der Waals surface area contributed by atoms with Gasteiger partial charge in [0, 0.05) is 6.07 Å². The molecule has 0 saturated carbocycles. The Balaban J connectivity index is 2.69. The van der Waals surface area contributed by atoms with Crippen molar-refractivity contribution in [2.45, 2.75) is 0 Å². The van der Waals surface area contributed by atoms with E-state index in [1.165, 1.54) is 19.5 Å². The minimum atomic E-state index is -0.843. The molecule has 0 fully saturated rings. The van der Waals surface area contributed by atoms with Crippen LogP contribution in [-0.4, -0.2) is 23.2 Å². The number of halogens is 1. The topological polar surface area (TPSA) is 61.3 Å². The molecule has 0 unspecified atom stereocenters. The highest BCUT2D eigenvalue weighted by Gasteiger charge is 2.04. The standard InChI is InChI=1S/C6H5ClN2O3/c1-11-6(10)12-5-2-4(7)8-3-9-5/h2-3H,1H3. The van der Waals surface area contributed by atoms with Crippen molar-refractivity contribution in [1.29, 1.82) is 0 Å². The van der Waals surface area contributed by atoms with Crippen LogP contribution in [0.4, 0.5) is 4.79 Å². The highest BCUT2D eigenvalue weighted by Crippen LogP contribution is 2.10. The molecule has 6 heteroatoms. The fraction of sp³-hybridized carbons (Fsp3) is 0.167. The summed E-state index contributed by atoms with van der Waals surface area (Å²) in [6, 6.07) is 1.30. The highest BCUT2D eigenvalue weighted by atomic mass is 35.5. The molecule has 0 aliphatic carbocycles. The zero-order valence-electron chi connectivity index (χ0n) is 6.15. The van der Waals surface area contributed by atoms with Crippen molar-refractivity contribution in [1.82, 2.24) is 9.97 Å². The Morgan fingerprint density at radius 3 is 2.92 bits per heavy atom. The number of aromatic nitrogens is 2. The number of methoxy groups -OCH3 is 1. The first-order valence-corrected chi connectivity index (χ1v) is 3.33. The van der Waals surface area contributed by atoms with Crippen LogP contribution in [0.3, 0.4) is 0 Å². The smallest absolute Gasteiger partial charge is 0.437 e. The maximum atomic E-state index is 10.5. The predicted molar refractivity (Wildman–Crippen MR) is 40.1 cm³/mol. The number of hydrogen-bond acceptors (Lipinski definition) is 5. The second kappa shape index (κ2) is 3.87. The van der Waals surface area contributed by atoms with Crippen LogP contribution in [0.25, 0.3) is 0 Å². The van der Waals surface area contributed by atoms with Gasteiger partial charge in [0.1, 0.15) is 11.5 Å². The van der Waals surface area contributed by atoms with Crippen molar-refractivity contribution in [3.63, 3.8) is 0 Å². The summed E-state index contributed by atoms with van der Waals surface area (Å²) in [6.07, 6.45) is 0.338. The first-order valence-electron chi connectivity index (χ1n) is 2.95. The molecular weight excluding hydrogens is 184 g/mol. The number of ether oxygens (including phenoxy) is 2. The average Bonchev–Trinajstić information content (AvgIpc) is 2.04. The molecule has 0 aliphatic heterocycles. The Labute approximate surface area is 73.3 Å². The molecule has 0 bridgehead atoms. The molecule has 0 N–H and O–H groups in total. The average molecular weight is 189 g/mol. The Bertz CT molecular complexity index is 292. The second-order valence-corrected chi connectivity index (χ2v) is 2.12. The molecule has 12 heavy (non-hydrogen) atoms. The van der Waals surface area contributed by atoms with E-state index in [9.17, 15) is 4.79 Å². The van der Waals surface area contributed by atoms with Gasteiger partial charge in [0.15, 0.2) is 0 Å². The van der Waals surface area contributed by atoms with Gasteiger partial charge in [0.25, 0.3) is 0 Å². The summed E-state index contributed by atoms with van der Waals surface area (Å²) in [5.74, 6) is 0.0573. The normalized spacial score (nSPS) is 9.17. The molecule has 5 nitrogen and oxygen atoms in total. The van der Waals surface area contributed by atoms with Crippen molar-refractivity contribution >= 4 is 17.8 Å². The van der Waals surface area contributed by atoms with Crippen LogP contribution >= 0.6 is 11.6 Å². The Hall–Kier alpha value is -1.36. The van der Waals surface area contributed by atoms with Crippen molar-refractivity contribution in [3.05, 3.63) is 17.5 Å². The van der Waals surface area contributed by atoms with E-state index in [2.05, 4.69) is 19.4 Å². The van der Waals surface area contributed by atoms with Gasteiger partial charge in [-0.15, -0.1) is 0 Å². The van der Waals surface area contributed by atoms with E-state index in [0.717, 1.165) is 0 Å². The molecule has 0 amide bonds. The minimum absolute atomic E-state index is 0.0573. The van der Waals surface area contributed by atoms with E-state index >= 15 is 0 Å². The summed E-state index contributed by atoms with van der Waals surface area (Å²) in [4.78, 5) is 17.7. The summed E-state index contributed by atoms with van der Waals surface area (Å²) in [5.41, 5.74) is 0. The van der Waals surface area contributed by atoms with Crippen LogP contribution < -0.4 is 4.74 Å². The third-order valence-corrected chi connectivity index (χ3v) is 1.17. The van der Waals surface area contributed by atoms with E-state index in [1.807, 2.05) is 0 Å². The zero-order chi connectivity index (χ0) is 8.97. The quantitative estimate of drug-likeness (QED) is 0.491. The molecule has 0 atom stereocenters. The molecule has 64 valence electrons. The SMILES string of the molecule is COC(=O)Oc1cc(Cl)ncn1. The first kappa shape index (κ1) is 8.73. The zero-order valence-corrected chi connectivity index (χ0v) is 6.91. The van der Waals surface area contributed by atoms with Crippen LogP contribution in [0, 0.1) is 0 Å². The van der Waals surface area contributed by atoms with Crippen LogP contribution in [0.1, 0.15) is 0 Å². The van der Waals surface area contributed by atoms with Gasteiger partial charge in [-0.3, -0.25) is 0 Å². The van der Waals surface area contributed by atoms with Crippen molar-refractivity contribution in [2.24, 2.45) is 0 Å². The van der Waals surface area contributed by atoms with Gasteiger partial charge in [0.05, 0.1) is 7.11 Å². The monoisotopic (exact) mass is 188 g/mol. The Kier molecular flexibility index (Phi) is 2.82. The summed E-state index contributed by atoms with van der Waals surface area (Å²) in [6.45, 7) is 0. The lowest BCUT2D eigenvalue weighted by molar-refractivity contribution is 0.119. The molecule has 1 aromatic heterocycles. The molecule has 0 saturated heterocycles. The van der Waals surface area contributed by atoms with Gasteiger partial charge in [-0.1, -0.05) is 11.6 Å². The largest absolute Gasteiger partial charge is 0.514 e. The Morgan fingerprint density at radius 1 is 1.58 bits per heavy atom. The maximum absolute atomic E-state index is 10.5. The lowest BCUT2D eigenvalue weighted by Crippen LogP contribution is -2.08. The third-order valence-electron chi connectivity index (χ3n) is 0.963. The molecule has 1 rings (SSSR count). The fourth-order valence-electron chi connectivity index (χ4n) is 0.500. The number of carbonyl (C=O) groups is 1. The summed E-state index contributed by atoms with van der Waals surface area (Å²) >= 11 is 5.49. The van der Waals surface area contributed by atoms with Crippen molar-refractivity contribution in [3.8, 4) is 5.88 Å². The molecule has 1 heterocycles. The number of carbonyl (C=O) groups excluding carboxylic acids is 1. The van der Waals surface area contributed by atoms with E-state index in [1.54, 1.807) is 0 Å². The summed E-state index contributed by atoms with van der Waals surface area (Å²) in [5, 5.41) is 0.198. The van der Waals surface area contributed by atoms with E-state index in [-0.39, 0.29) is 11.0 Å². The van der Waals surface area contributed by atoms with Crippen molar-refractivity contribution < 1.29 is 14.3 Å². The molecule has 0 aromatic carbocycles. The van der Waals surface area contributed by atoms with Gasteiger partial charge in [-0.05, 0) is 0 Å². The molecule has 0 spiro atoms. The van der Waals surface area contributed by atoms with E-state index < -0.39 is 6.16 Å². The number of hydrogen-bond donors (Lipinski definition) is 0. The lowest BCUT2D eigenvalue weighted by Gasteiger charge is -1.99. The summed E-state index contributed by atoms with van der Waals surface area (Å²) < 4.78 is 8.78. The Morgan fingerprint density at radius 2 is 2.33 bits per heavy atom. The molecular formula is C6H5ClN2O3. The van der Waals surface area contributed by atoms with Crippen LogP contribution in [0.2, 0.25) is 5.15 Å². The minimum Gasteiger partial charge on any atom is -0.437 e. The number of rotatable bonds is 1. The van der Waals surface area contributed by atoms with Gasteiger partial charge >= 0.3 is 6.16 Å². The fourth-order valence-corrected chi connectivity index (χ4v) is 0.637. The van der Waals surface area contributed by atoms with Crippen LogP contribution in [-0.2, 0) is 4.74 Å². The van der Waals surface area contributed by atoms with Gasteiger partial charge in [-0.2, -0.15) is 0 Å². The van der Waals surface area contributed by atoms with Crippen LogP contribution in [0.5, 0.6) is 5.88 Å². The highest BCUT2D eigenvalue weighted by molar-refractivity contribution is 6.29. The van der Waals surface area contributed by atoms with Gasteiger partial charge < -0.3 is 9.47 Å². The first-order chi connectivity index (χ1) is 5.72. The summed E-state index contributed by atoms with van der Waals surface area (Å²) in [7, 11) is 1.20. The molecule has 0 radical (unpaired) electrons. The van der Waals surface area contributed by atoms with Gasteiger partial charge in [0.2, 0.25) is 5.88 Å². The second-order valence-electron chi connectivity index (χ2n) is 1.74. The van der Waals surface area contributed by atoms with E-state index in [0.29, 0.717) is 0 Å². The van der Waals surface area contributed by atoms with Gasteiger partial charge in [-0.25, -0.2) is 14.8 Å². The number of nitrogens with zero attached hydrogens (tertiary/aromatic N) is 2. The third kappa shape index (κ3) is 2.35. The molecule has 0 aliphatic rings. The van der Waals surface area contributed by atoms with Crippen LogP contribution in [0.15, 0.2) is 12.4 Å². The predicted octanol–water partition coefficient (Wildman–Crippen LogP) is 1.28. The molecule has 1 aromatic rings. The lowest BCUT2D eigenvalue weighted by atomic mass is 10.6. The van der Waals surface area contributed by atoms with E-state index in [4.69, 9.17) is 11.6 Å². The maximum Gasteiger partial charge on any atom is 0.514 e.